The highest BCUT2D eigenvalue weighted by atomic mass is 79.9. The number of benzene rings is 1. The lowest BCUT2D eigenvalue weighted by Gasteiger charge is -2.10. The minimum Gasteiger partial charge on any atom is -0.497 e. The van der Waals surface area contributed by atoms with Crippen LogP contribution >= 0.6 is 15.9 Å². The largest absolute Gasteiger partial charge is 0.497 e. The van der Waals surface area contributed by atoms with Gasteiger partial charge in [0.1, 0.15) is 5.75 Å². The number of sulfonamides is 1. The van der Waals surface area contributed by atoms with Gasteiger partial charge in [0, 0.05) is 23.1 Å². The Bertz CT molecular complexity index is 544. The van der Waals surface area contributed by atoms with Crippen LogP contribution < -0.4 is 14.8 Å². The molecule has 0 amide bonds. The molecule has 0 aromatic heterocycles. The molecule has 0 atom stereocenters. The minimum absolute atomic E-state index is 0.0678. The van der Waals surface area contributed by atoms with E-state index in [4.69, 9.17) is 4.74 Å². The lowest BCUT2D eigenvalue weighted by molar-refractivity contribution is 0.415. The van der Waals surface area contributed by atoms with Crippen molar-refractivity contribution in [2.24, 2.45) is 0 Å². The van der Waals surface area contributed by atoms with Crippen LogP contribution in [0.15, 0.2) is 22.7 Å². The van der Waals surface area contributed by atoms with Crippen molar-refractivity contribution in [3.8, 4) is 5.75 Å². The summed E-state index contributed by atoms with van der Waals surface area (Å²) in [5, 5.41) is 3.18. The first-order chi connectivity index (χ1) is 8.98. The van der Waals surface area contributed by atoms with E-state index in [-0.39, 0.29) is 5.75 Å². The molecule has 5 nitrogen and oxygen atoms in total. The van der Waals surface area contributed by atoms with Crippen LogP contribution in [0.5, 0.6) is 5.75 Å². The van der Waals surface area contributed by atoms with Gasteiger partial charge in [0.25, 0.3) is 0 Å². The van der Waals surface area contributed by atoms with Gasteiger partial charge in [-0.15, -0.1) is 0 Å². The maximum atomic E-state index is 11.9. The van der Waals surface area contributed by atoms with Crippen LogP contribution in [-0.2, 0) is 10.0 Å². The van der Waals surface area contributed by atoms with Crippen LogP contribution in [0.4, 0.5) is 5.69 Å². The lowest BCUT2D eigenvalue weighted by atomic mass is 10.3. The SMILES string of the molecule is COc1cc(Br)cc(NS(=O)(=O)CCNC2CC2)c1. The van der Waals surface area contributed by atoms with Crippen LogP contribution in [-0.4, -0.2) is 33.9 Å². The number of hydrogen-bond acceptors (Lipinski definition) is 4. The van der Waals surface area contributed by atoms with Gasteiger partial charge < -0.3 is 10.1 Å². The molecule has 106 valence electrons. The Morgan fingerprint density at radius 3 is 2.74 bits per heavy atom. The third-order valence-electron chi connectivity index (χ3n) is 2.76. The summed E-state index contributed by atoms with van der Waals surface area (Å²) in [5.74, 6) is 0.668. The maximum Gasteiger partial charge on any atom is 0.233 e. The quantitative estimate of drug-likeness (QED) is 0.790. The molecule has 2 N–H and O–H groups in total. The van der Waals surface area contributed by atoms with Crippen molar-refractivity contribution in [3.63, 3.8) is 0 Å². The van der Waals surface area contributed by atoms with Crippen LogP contribution in [0, 0.1) is 0 Å². The fraction of sp³-hybridized carbons (Fsp3) is 0.500. The van der Waals surface area contributed by atoms with Gasteiger partial charge in [-0.25, -0.2) is 8.42 Å². The van der Waals surface area contributed by atoms with Crippen molar-refractivity contribution in [3.05, 3.63) is 22.7 Å². The van der Waals surface area contributed by atoms with Gasteiger partial charge in [-0.2, -0.15) is 0 Å². The van der Waals surface area contributed by atoms with Crippen molar-refractivity contribution in [1.82, 2.24) is 5.32 Å². The van der Waals surface area contributed by atoms with Gasteiger partial charge in [-0.3, -0.25) is 4.72 Å². The molecule has 0 spiro atoms. The molecule has 0 aliphatic heterocycles. The van der Waals surface area contributed by atoms with Gasteiger partial charge in [-0.1, -0.05) is 15.9 Å². The van der Waals surface area contributed by atoms with Crippen LogP contribution in [0.25, 0.3) is 0 Å². The summed E-state index contributed by atoms with van der Waals surface area (Å²) in [6.45, 7) is 0.477. The Hall–Kier alpha value is -0.790. The summed E-state index contributed by atoms with van der Waals surface area (Å²) in [4.78, 5) is 0. The Morgan fingerprint density at radius 1 is 1.37 bits per heavy atom. The molecule has 0 bridgehead atoms. The molecule has 7 heteroatoms. The van der Waals surface area contributed by atoms with E-state index in [2.05, 4.69) is 26.0 Å². The number of anilines is 1. The Morgan fingerprint density at radius 2 is 2.11 bits per heavy atom. The number of hydrogen-bond donors (Lipinski definition) is 2. The second-order valence-electron chi connectivity index (χ2n) is 4.53. The first-order valence-corrected chi connectivity index (χ1v) is 8.51. The summed E-state index contributed by atoms with van der Waals surface area (Å²) < 4.78 is 32.2. The minimum atomic E-state index is -3.33. The van der Waals surface area contributed by atoms with Crippen LogP contribution in [0.1, 0.15) is 12.8 Å². The molecule has 1 aromatic carbocycles. The van der Waals surface area contributed by atoms with Crippen molar-refractivity contribution < 1.29 is 13.2 Å². The van der Waals surface area contributed by atoms with Crippen LogP contribution in [0.2, 0.25) is 0 Å². The highest BCUT2D eigenvalue weighted by Crippen LogP contribution is 2.25. The molecule has 1 fully saturated rings. The molecule has 0 radical (unpaired) electrons. The second kappa shape index (κ2) is 6.11. The zero-order valence-corrected chi connectivity index (χ0v) is 13.1. The van der Waals surface area contributed by atoms with E-state index in [9.17, 15) is 8.42 Å². The van der Waals surface area contributed by atoms with Gasteiger partial charge in [0.05, 0.1) is 18.6 Å². The van der Waals surface area contributed by atoms with Gasteiger partial charge in [0.2, 0.25) is 10.0 Å². The zero-order valence-electron chi connectivity index (χ0n) is 10.6. The van der Waals surface area contributed by atoms with E-state index in [1.807, 2.05) is 0 Å². The predicted octanol–water partition coefficient (Wildman–Crippen LogP) is 1.95. The Balaban J connectivity index is 1.95. The normalized spacial score (nSPS) is 15.3. The number of halogens is 1. The van der Waals surface area contributed by atoms with Crippen molar-refractivity contribution >= 4 is 31.6 Å². The average Bonchev–Trinajstić information content (AvgIpc) is 3.11. The summed E-state index contributed by atoms with van der Waals surface area (Å²) in [6.07, 6.45) is 2.30. The van der Waals surface area contributed by atoms with E-state index >= 15 is 0 Å². The number of methoxy groups -OCH3 is 1. The predicted molar refractivity (Wildman–Crippen MR) is 79.1 cm³/mol. The fourth-order valence-electron chi connectivity index (χ4n) is 1.65. The van der Waals surface area contributed by atoms with Gasteiger partial charge in [0.15, 0.2) is 0 Å². The van der Waals surface area contributed by atoms with E-state index in [0.717, 1.165) is 17.3 Å². The second-order valence-corrected chi connectivity index (χ2v) is 7.29. The van der Waals surface area contributed by atoms with Gasteiger partial charge >= 0.3 is 0 Å². The maximum absolute atomic E-state index is 11.9. The zero-order chi connectivity index (χ0) is 13.9. The van der Waals surface area contributed by atoms with E-state index in [1.54, 1.807) is 25.3 Å². The summed E-state index contributed by atoms with van der Waals surface area (Å²) in [7, 11) is -1.79. The number of nitrogens with one attached hydrogen (secondary N) is 2. The van der Waals surface area contributed by atoms with Crippen molar-refractivity contribution in [2.75, 3.05) is 24.1 Å². The van der Waals surface area contributed by atoms with E-state index < -0.39 is 10.0 Å². The molecule has 2 rings (SSSR count). The molecule has 1 saturated carbocycles. The number of rotatable bonds is 7. The van der Waals surface area contributed by atoms with Crippen molar-refractivity contribution in [1.29, 1.82) is 0 Å². The van der Waals surface area contributed by atoms with Gasteiger partial charge in [-0.05, 0) is 25.0 Å². The van der Waals surface area contributed by atoms with E-state index in [1.165, 1.54) is 0 Å². The molecule has 0 saturated heterocycles. The molecular formula is C12H17BrN2O3S. The highest BCUT2D eigenvalue weighted by molar-refractivity contribution is 9.10. The molecular weight excluding hydrogens is 332 g/mol. The molecule has 19 heavy (non-hydrogen) atoms. The number of ether oxygens (including phenoxy) is 1. The monoisotopic (exact) mass is 348 g/mol. The molecule has 1 aromatic rings. The summed E-state index contributed by atoms with van der Waals surface area (Å²) in [5.41, 5.74) is 0.498. The Labute approximate surface area is 121 Å². The first kappa shape index (κ1) is 14.6. The first-order valence-electron chi connectivity index (χ1n) is 6.07. The summed E-state index contributed by atoms with van der Waals surface area (Å²) in [6, 6.07) is 5.64. The lowest BCUT2D eigenvalue weighted by Crippen LogP contribution is -2.28. The Kier molecular flexibility index (Phi) is 4.70. The fourth-order valence-corrected chi connectivity index (χ4v) is 3.09. The molecule has 0 heterocycles. The smallest absolute Gasteiger partial charge is 0.233 e. The summed E-state index contributed by atoms with van der Waals surface area (Å²) >= 11 is 3.31. The molecule has 1 aliphatic carbocycles. The molecule has 1 aliphatic rings. The van der Waals surface area contributed by atoms with Crippen molar-refractivity contribution in [2.45, 2.75) is 18.9 Å². The third kappa shape index (κ3) is 5.00. The average molecular weight is 349 g/mol. The highest BCUT2D eigenvalue weighted by Gasteiger charge is 2.21. The molecule has 0 unspecified atom stereocenters. The third-order valence-corrected chi connectivity index (χ3v) is 4.51. The topological polar surface area (TPSA) is 67.4 Å². The van der Waals surface area contributed by atoms with Crippen LogP contribution in [0.3, 0.4) is 0 Å². The standard InChI is InChI=1S/C12H17BrN2O3S/c1-18-12-7-9(13)6-11(8-12)15-19(16,17)5-4-14-10-2-3-10/h6-8,10,14-15H,2-5H2,1H3. The van der Waals surface area contributed by atoms with E-state index in [0.29, 0.717) is 24.0 Å².